The molecule has 1 saturated heterocycles. The maximum atomic E-state index is 12.9. The molecule has 1 amide bonds. The summed E-state index contributed by atoms with van der Waals surface area (Å²) in [6.45, 7) is 0.594. The van der Waals surface area contributed by atoms with Gasteiger partial charge in [0.15, 0.2) is 0 Å². The van der Waals surface area contributed by atoms with Gasteiger partial charge in [0.25, 0.3) is 5.91 Å². The number of carbonyl (C=O) groups is 1. The van der Waals surface area contributed by atoms with Crippen molar-refractivity contribution in [1.29, 1.82) is 0 Å². The summed E-state index contributed by atoms with van der Waals surface area (Å²) in [4.78, 5) is 15.4. The highest BCUT2D eigenvalue weighted by atomic mass is 35.5. The maximum absolute atomic E-state index is 12.9. The van der Waals surface area contributed by atoms with E-state index in [4.69, 9.17) is 11.6 Å². The van der Waals surface area contributed by atoms with Crippen LogP contribution in [0.15, 0.2) is 12.3 Å². The standard InChI is InChI=1S/C11H12ClFN2OS/c12-10-9(4-7(13)5-14-10)11(16)15-6-8-2-1-3-17-8/h4-5,8H,1-3,6H2,(H,15,16). The first kappa shape index (κ1) is 12.6. The normalized spacial score (nSPS) is 19.3. The summed E-state index contributed by atoms with van der Waals surface area (Å²) >= 11 is 7.59. The van der Waals surface area contributed by atoms with Gasteiger partial charge >= 0.3 is 0 Å². The molecule has 1 aromatic rings. The molecule has 1 aromatic heterocycles. The van der Waals surface area contributed by atoms with Crippen LogP contribution in [0.1, 0.15) is 23.2 Å². The molecular formula is C11H12ClFN2OS. The van der Waals surface area contributed by atoms with Gasteiger partial charge in [0.2, 0.25) is 0 Å². The molecule has 0 aliphatic carbocycles. The first-order chi connectivity index (χ1) is 8.16. The molecular weight excluding hydrogens is 263 g/mol. The largest absolute Gasteiger partial charge is 0.351 e. The summed E-state index contributed by atoms with van der Waals surface area (Å²) in [7, 11) is 0. The number of nitrogens with zero attached hydrogens (tertiary/aromatic N) is 1. The first-order valence-electron chi connectivity index (χ1n) is 5.37. The molecule has 2 heterocycles. The minimum absolute atomic E-state index is 0.0305. The summed E-state index contributed by atoms with van der Waals surface area (Å²) in [5, 5.41) is 3.25. The van der Waals surface area contributed by atoms with E-state index in [9.17, 15) is 9.18 Å². The Hall–Kier alpha value is -0.810. The van der Waals surface area contributed by atoms with Crippen LogP contribution < -0.4 is 5.32 Å². The van der Waals surface area contributed by atoms with Gasteiger partial charge in [-0.05, 0) is 24.7 Å². The van der Waals surface area contributed by atoms with Gasteiger partial charge in [-0.15, -0.1) is 0 Å². The molecule has 1 atom stereocenters. The first-order valence-corrected chi connectivity index (χ1v) is 6.80. The van der Waals surface area contributed by atoms with Crippen molar-refractivity contribution in [1.82, 2.24) is 10.3 Å². The fourth-order valence-electron chi connectivity index (χ4n) is 1.69. The highest BCUT2D eigenvalue weighted by Crippen LogP contribution is 2.25. The van der Waals surface area contributed by atoms with E-state index < -0.39 is 5.82 Å². The smallest absolute Gasteiger partial charge is 0.254 e. The Morgan fingerprint density at radius 3 is 3.24 bits per heavy atom. The Kier molecular flexibility index (Phi) is 4.23. The van der Waals surface area contributed by atoms with Crippen LogP contribution in [0.25, 0.3) is 0 Å². The predicted molar refractivity (Wildman–Crippen MR) is 67.0 cm³/mol. The van der Waals surface area contributed by atoms with Gasteiger partial charge in [-0.3, -0.25) is 4.79 Å². The lowest BCUT2D eigenvalue weighted by molar-refractivity contribution is 0.0953. The second-order valence-corrected chi connectivity index (χ2v) is 5.60. The summed E-state index contributed by atoms with van der Waals surface area (Å²) in [6, 6.07) is 1.10. The summed E-state index contributed by atoms with van der Waals surface area (Å²) in [5.41, 5.74) is 0.0923. The van der Waals surface area contributed by atoms with E-state index in [0.29, 0.717) is 11.8 Å². The Balaban J connectivity index is 1.96. The van der Waals surface area contributed by atoms with Gasteiger partial charge in [-0.1, -0.05) is 11.6 Å². The molecule has 0 aromatic carbocycles. The van der Waals surface area contributed by atoms with Crippen molar-refractivity contribution in [3.63, 3.8) is 0 Å². The third kappa shape index (κ3) is 3.33. The van der Waals surface area contributed by atoms with Crippen LogP contribution in [0.3, 0.4) is 0 Å². The molecule has 1 fully saturated rings. The van der Waals surface area contributed by atoms with Crippen molar-refractivity contribution >= 4 is 29.3 Å². The lowest BCUT2D eigenvalue weighted by Crippen LogP contribution is -2.30. The van der Waals surface area contributed by atoms with Crippen LogP contribution in [-0.4, -0.2) is 28.4 Å². The molecule has 0 saturated carbocycles. The van der Waals surface area contributed by atoms with Gasteiger partial charge in [-0.2, -0.15) is 11.8 Å². The molecule has 1 unspecified atom stereocenters. The second-order valence-electron chi connectivity index (χ2n) is 3.84. The third-order valence-corrected chi connectivity index (χ3v) is 4.26. The zero-order chi connectivity index (χ0) is 12.3. The van der Waals surface area contributed by atoms with Gasteiger partial charge in [0, 0.05) is 11.8 Å². The Labute approximate surface area is 108 Å². The molecule has 1 N–H and O–H groups in total. The Morgan fingerprint density at radius 2 is 2.53 bits per heavy atom. The fraction of sp³-hybridized carbons (Fsp3) is 0.455. The number of halogens is 2. The quantitative estimate of drug-likeness (QED) is 0.861. The van der Waals surface area contributed by atoms with Gasteiger partial charge in [-0.25, -0.2) is 9.37 Å². The maximum Gasteiger partial charge on any atom is 0.254 e. The minimum atomic E-state index is -0.560. The van der Waals surface area contributed by atoms with Crippen LogP contribution in [0.4, 0.5) is 4.39 Å². The lowest BCUT2D eigenvalue weighted by Gasteiger charge is -2.10. The van der Waals surface area contributed by atoms with Gasteiger partial charge < -0.3 is 5.32 Å². The van der Waals surface area contributed by atoms with Crippen LogP contribution in [0.5, 0.6) is 0 Å². The SMILES string of the molecule is O=C(NCC1CCCS1)c1cc(F)cnc1Cl. The zero-order valence-electron chi connectivity index (χ0n) is 9.08. The second kappa shape index (κ2) is 5.69. The molecule has 3 nitrogen and oxygen atoms in total. The Bertz CT molecular complexity index is 424. The van der Waals surface area contributed by atoms with Crippen molar-refractivity contribution in [2.45, 2.75) is 18.1 Å². The number of aromatic nitrogens is 1. The number of amides is 1. The van der Waals surface area contributed by atoms with Crippen LogP contribution in [0.2, 0.25) is 5.15 Å². The van der Waals surface area contributed by atoms with Crippen molar-refractivity contribution in [2.75, 3.05) is 12.3 Å². The molecule has 2 rings (SSSR count). The van der Waals surface area contributed by atoms with Crippen LogP contribution >= 0.6 is 23.4 Å². The number of rotatable bonds is 3. The number of pyridine rings is 1. The minimum Gasteiger partial charge on any atom is -0.351 e. The molecule has 0 radical (unpaired) electrons. The van der Waals surface area contributed by atoms with Gasteiger partial charge in [0.1, 0.15) is 11.0 Å². The van der Waals surface area contributed by atoms with Crippen molar-refractivity contribution < 1.29 is 9.18 Å². The van der Waals surface area contributed by atoms with Crippen LogP contribution in [-0.2, 0) is 0 Å². The molecule has 0 spiro atoms. The van der Waals surface area contributed by atoms with Crippen LogP contribution in [0, 0.1) is 5.82 Å². The summed E-state index contributed by atoms with van der Waals surface area (Å²) in [5.74, 6) is 0.215. The average Bonchev–Trinajstić information content (AvgIpc) is 2.82. The van der Waals surface area contributed by atoms with Crippen molar-refractivity contribution in [3.8, 4) is 0 Å². The number of carbonyl (C=O) groups excluding carboxylic acids is 1. The number of thioether (sulfide) groups is 1. The summed E-state index contributed by atoms with van der Waals surface area (Å²) in [6.07, 6.45) is 3.29. The van der Waals surface area contributed by atoms with E-state index in [1.54, 1.807) is 0 Å². The highest BCUT2D eigenvalue weighted by Gasteiger charge is 2.18. The molecule has 92 valence electrons. The molecule has 1 aliphatic heterocycles. The fourth-order valence-corrected chi connectivity index (χ4v) is 3.08. The number of hydrogen-bond donors (Lipinski definition) is 1. The van der Waals surface area contributed by atoms with E-state index in [2.05, 4.69) is 10.3 Å². The zero-order valence-corrected chi connectivity index (χ0v) is 10.7. The predicted octanol–water partition coefficient (Wildman–Crippen LogP) is 2.50. The molecule has 17 heavy (non-hydrogen) atoms. The summed E-state index contributed by atoms with van der Waals surface area (Å²) < 4.78 is 12.9. The van der Waals surface area contributed by atoms with E-state index >= 15 is 0 Å². The van der Waals surface area contributed by atoms with Crippen molar-refractivity contribution in [2.24, 2.45) is 0 Å². The monoisotopic (exact) mass is 274 g/mol. The third-order valence-electron chi connectivity index (χ3n) is 2.56. The lowest BCUT2D eigenvalue weighted by atomic mass is 10.2. The highest BCUT2D eigenvalue weighted by molar-refractivity contribution is 8.00. The van der Waals surface area contributed by atoms with E-state index in [-0.39, 0.29) is 16.6 Å². The van der Waals surface area contributed by atoms with Crippen molar-refractivity contribution in [3.05, 3.63) is 28.8 Å². The number of hydrogen-bond acceptors (Lipinski definition) is 3. The molecule has 1 aliphatic rings. The Morgan fingerprint density at radius 1 is 1.71 bits per heavy atom. The molecule has 6 heteroatoms. The van der Waals surface area contributed by atoms with E-state index in [1.165, 1.54) is 6.42 Å². The van der Waals surface area contributed by atoms with Gasteiger partial charge in [0.05, 0.1) is 11.8 Å². The number of nitrogens with one attached hydrogen (secondary N) is 1. The average molecular weight is 275 g/mol. The molecule has 0 bridgehead atoms. The topological polar surface area (TPSA) is 42.0 Å². The van der Waals surface area contributed by atoms with E-state index in [0.717, 1.165) is 24.4 Å². The van der Waals surface area contributed by atoms with E-state index in [1.807, 2.05) is 11.8 Å².